The lowest BCUT2D eigenvalue weighted by Gasteiger charge is -2.52. The molecule has 0 aliphatic heterocycles. The Hall–Kier alpha value is -1.97. The Morgan fingerprint density at radius 3 is 2.69 bits per heavy atom. The van der Waals surface area contributed by atoms with Gasteiger partial charge in [-0.15, -0.1) is 0 Å². The lowest BCUT2D eigenvalue weighted by molar-refractivity contribution is -0.147. The Morgan fingerprint density at radius 2 is 1.93 bits per heavy atom. The maximum absolute atomic E-state index is 13.3. The zero-order chi connectivity index (χ0) is 20.6. The Bertz CT molecular complexity index is 934. The molecular weight excluding hydrogens is 364 g/mol. The molecule has 154 valence electrons. The molecule has 1 saturated carbocycles. The molecule has 5 rings (SSSR count). The summed E-state index contributed by atoms with van der Waals surface area (Å²) >= 11 is 0. The van der Waals surface area contributed by atoms with E-state index in [2.05, 4.69) is 19.9 Å². The van der Waals surface area contributed by atoms with Gasteiger partial charge in [-0.05, 0) is 68.1 Å². The molecule has 0 aromatic carbocycles. The van der Waals surface area contributed by atoms with E-state index in [0.717, 1.165) is 48.8 Å². The molecule has 2 unspecified atom stereocenters. The fourth-order valence-corrected chi connectivity index (χ4v) is 7.26. The van der Waals surface area contributed by atoms with Gasteiger partial charge in [0.25, 0.3) is 0 Å². The molecule has 0 radical (unpaired) electrons. The molecule has 0 aromatic rings. The summed E-state index contributed by atoms with van der Waals surface area (Å²) in [5.41, 5.74) is 4.01. The zero-order valence-electron chi connectivity index (χ0n) is 17.7. The first kappa shape index (κ1) is 19.0. The first-order chi connectivity index (χ1) is 13.8. The van der Waals surface area contributed by atoms with Gasteiger partial charge in [0.15, 0.2) is 5.78 Å². The van der Waals surface area contributed by atoms with E-state index in [9.17, 15) is 14.4 Å². The fraction of sp³-hybridized carbons (Fsp3) is 0.640. The van der Waals surface area contributed by atoms with E-state index in [1.807, 2.05) is 6.92 Å². The van der Waals surface area contributed by atoms with Gasteiger partial charge in [-0.25, -0.2) is 0 Å². The van der Waals surface area contributed by atoms with Crippen molar-refractivity contribution in [3.8, 4) is 0 Å². The molecule has 1 fully saturated rings. The first-order valence-electron chi connectivity index (χ1n) is 11.2. The minimum Gasteiger partial charge on any atom is -0.466 e. The Labute approximate surface area is 172 Å². The summed E-state index contributed by atoms with van der Waals surface area (Å²) in [5.74, 6) is -0.0782. The molecule has 0 heterocycles. The number of ketones is 2. The minimum atomic E-state index is -0.418. The third-order valence-electron chi connectivity index (χ3n) is 8.92. The highest BCUT2D eigenvalue weighted by molar-refractivity contribution is 5.96. The molecule has 4 heteroatoms. The summed E-state index contributed by atoms with van der Waals surface area (Å²) in [6.07, 6.45) is 10.1. The number of ether oxygens (including phenoxy) is 1. The standard InChI is InChI=1S/C25H30O4/c1-4-29-22(28)17-14-15-13-16(26)5-11-24(15,3)18-7-12-25-19(21(17)18)6-9-23(25,2)10-8-20(25)27/h6,13,17H,4-5,7-12,14H2,1-3H3/t17-,23+,24?,25?/m1/s1. The van der Waals surface area contributed by atoms with Gasteiger partial charge in [-0.3, -0.25) is 14.4 Å². The van der Waals surface area contributed by atoms with Crippen LogP contribution in [0, 0.1) is 22.2 Å². The molecule has 5 aliphatic rings. The maximum Gasteiger partial charge on any atom is 0.313 e. The van der Waals surface area contributed by atoms with Crippen molar-refractivity contribution in [3.63, 3.8) is 0 Å². The molecule has 1 spiro atoms. The number of esters is 1. The monoisotopic (exact) mass is 394 g/mol. The van der Waals surface area contributed by atoms with Crippen molar-refractivity contribution in [2.75, 3.05) is 6.61 Å². The smallest absolute Gasteiger partial charge is 0.313 e. The fourth-order valence-electron chi connectivity index (χ4n) is 7.26. The molecule has 4 atom stereocenters. The topological polar surface area (TPSA) is 60.4 Å². The van der Waals surface area contributed by atoms with Gasteiger partial charge >= 0.3 is 5.97 Å². The maximum atomic E-state index is 13.3. The summed E-state index contributed by atoms with van der Waals surface area (Å²) in [4.78, 5) is 38.5. The van der Waals surface area contributed by atoms with Gasteiger partial charge in [-0.1, -0.05) is 31.1 Å². The Morgan fingerprint density at radius 1 is 1.14 bits per heavy atom. The number of allylic oxidation sites excluding steroid dienone is 5. The highest BCUT2D eigenvalue weighted by Gasteiger charge is 2.65. The van der Waals surface area contributed by atoms with Gasteiger partial charge in [0.2, 0.25) is 0 Å². The van der Waals surface area contributed by atoms with E-state index in [1.54, 1.807) is 6.08 Å². The van der Waals surface area contributed by atoms with E-state index in [4.69, 9.17) is 4.74 Å². The number of Topliss-reactive ketones (excluding diaryl/α,β-unsaturated/α-hetero) is 1. The zero-order valence-corrected chi connectivity index (χ0v) is 17.7. The number of fused-ring (bicyclic) bond motifs is 3. The Kier molecular flexibility index (Phi) is 3.95. The van der Waals surface area contributed by atoms with Crippen LogP contribution in [0.2, 0.25) is 0 Å². The average molecular weight is 395 g/mol. The van der Waals surface area contributed by atoms with Gasteiger partial charge in [0.05, 0.1) is 17.9 Å². The van der Waals surface area contributed by atoms with Crippen LogP contribution in [0.1, 0.15) is 72.1 Å². The average Bonchev–Trinajstić information content (AvgIpc) is 3.12. The van der Waals surface area contributed by atoms with Crippen molar-refractivity contribution in [2.24, 2.45) is 22.2 Å². The van der Waals surface area contributed by atoms with Crippen molar-refractivity contribution >= 4 is 17.5 Å². The highest BCUT2D eigenvalue weighted by atomic mass is 16.5. The van der Waals surface area contributed by atoms with E-state index in [0.29, 0.717) is 31.7 Å². The van der Waals surface area contributed by atoms with Crippen molar-refractivity contribution in [3.05, 3.63) is 34.4 Å². The second kappa shape index (κ2) is 6.02. The quantitative estimate of drug-likeness (QED) is 0.640. The highest BCUT2D eigenvalue weighted by Crippen LogP contribution is 2.70. The number of carbonyl (C=O) groups is 3. The lowest BCUT2D eigenvalue weighted by atomic mass is 9.50. The summed E-state index contributed by atoms with van der Waals surface area (Å²) in [7, 11) is 0. The molecular formula is C25H30O4. The molecule has 0 saturated heterocycles. The molecule has 0 aromatic heterocycles. The van der Waals surface area contributed by atoms with Gasteiger partial charge in [-0.2, -0.15) is 0 Å². The van der Waals surface area contributed by atoms with Crippen molar-refractivity contribution < 1.29 is 19.1 Å². The second-order valence-electron chi connectivity index (χ2n) is 10.1. The van der Waals surface area contributed by atoms with Crippen molar-refractivity contribution in [1.82, 2.24) is 0 Å². The molecule has 0 N–H and O–H groups in total. The molecule has 0 amide bonds. The van der Waals surface area contributed by atoms with Gasteiger partial charge in [0, 0.05) is 18.3 Å². The largest absolute Gasteiger partial charge is 0.466 e. The van der Waals surface area contributed by atoms with Crippen LogP contribution in [0.3, 0.4) is 0 Å². The third-order valence-corrected chi connectivity index (χ3v) is 8.92. The summed E-state index contributed by atoms with van der Waals surface area (Å²) < 4.78 is 5.48. The van der Waals surface area contributed by atoms with Crippen LogP contribution in [0.5, 0.6) is 0 Å². The van der Waals surface area contributed by atoms with Crippen molar-refractivity contribution in [1.29, 1.82) is 0 Å². The SMILES string of the molecule is CCOC(=O)[C@@H]1CC2=CC(=O)CCC2(C)C2=C1C1=CC[C@@]3(C)CCC(=O)C13CC2. The van der Waals surface area contributed by atoms with Crippen LogP contribution >= 0.6 is 0 Å². The summed E-state index contributed by atoms with van der Waals surface area (Å²) in [5, 5.41) is 0. The summed E-state index contributed by atoms with van der Waals surface area (Å²) in [6.45, 7) is 6.68. The van der Waals surface area contributed by atoms with Gasteiger partial charge < -0.3 is 4.74 Å². The Balaban J connectivity index is 1.72. The number of carbonyl (C=O) groups excluding carboxylic acids is 3. The van der Waals surface area contributed by atoms with E-state index in [1.165, 1.54) is 5.57 Å². The van der Waals surface area contributed by atoms with Crippen LogP contribution in [0.4, 0.5) is 0 Å². The van der Waals surface area contributed by atoms with Crippen LogP contribution in [-0.4, -0.2) is 24.1 Å². The van der Waals surface area contributed by atoms with Crippen LogP contribution in [-0.2, 0) is 19.1 Å². The number of rotatable bonds is 2. The third kappa shape index (κ3) is 2.23. The van der Waals surface area contributed by atoms with Crippen molar-refractivity contribution in [2.45, 2.75) is 72.1 Å². The van der Waals surface area contributed by atoms with Gasteiger partial charge in [0.1, 0.15) is 5.78 Å². The normalized spacial score (nSPS) is 40.6. The predicted molar refractivity (Wildman–Crippen MR) is 109 cm³/mol. The number of hydrogen-bond donors (Lipinski definition) is 0. The van der Waals surface area contributed by atoms with E-state index >= 15 is 0 Å². The molecule has 0 bridgehead atoms. The number of hydrogen-bond acceptors (Lipinski definition) is 4. The lowest BCUT2D eigenvalue weighted by Crippen LogP contribution is -2.46. The van der Waals surface area contributed by atoms with E-state index < -0.39 is 11.3 Å². The predicted octanol–water partition coefficient (Wildman–Crippen LogP) is 4.64. The second-order valence-corrected chi connectivity index (χ2v) is 10.1. The summed E-state index contributed by atoms with van der Waals surface area (Å²) in [6, 6.07) is 0. The molecule has 4 nitrogen and oxygen atoms in total. The van der Waals surface area contributed by atoms with E-state index in [-0.39, 0.29) is 22.6 Å². The molecule has 29 heavy (non-hydrogen) atoms. The molecule has 5 aliphatic carbocycles. The minimum absolute atomic E-state index is 0.0172. The van der Waals surface area contributed by atoms with Crippen LogP contribution in [0.25, 0.3) is 0 Å². The van der Waals surface area contributed by atoms with Crippen LogP contribution in [0.15, 0.2) is 34.4 Å². The van der Waals surface area contributed by atoms with Crippen LogP contribution < -0.4 is 0 Å². The first-order valence-corrected chi connectivity index (χ1v) is 11.2.